The van der Waals surface area contributed by atoms with E-state index in [0.29, 0.717) is 61.5 Å². The molecule has 7 heteroatoms. The zero-order valence-electron chi connectivity index (χ0n) is 17.4. The number of benzene rings is 1. The summed E-state index contributed by atoms with van der Waals surface area (Å²) in [7, 11) is 0. The van der Waals surface area contributed by atoms with Crippen LogP contribution < -0.4 is 9.47 Å². The molecule has 2 fully saturated rings. The number of piperazine rings is 1. The quantitative estimate of drug-likeness (QED) is 0.594. The number of unbranched alkanes of at least 4 members (excludes halogenated alkanes) is 1. The second-order valence-electron chi connectivity index (χ2n) is 7.67. The maximum atomic E-state index is 13.0. The molecule has 1 aromatic carbocycles. The molecule has 0 radical (unpaired) electrons. The summed E-state index contributed by atoms with van der Waals surface area (Å²) in [4.78, 5) is 29.1. The van der Waals surface area contributed by atoms with Crippen LogP contribution in [0.4, 0.5) is 0 Å². The first-order valence-corrected chi connectivity index (χ1v) is 11.1. The second kappa shape index (κ2) is 10.2. The highest BCUT2D eigenvalue weighted by Gasteiger charge is 2.32. The Labute approximate surface area is 178 Å². The van der Waals surface area contributed by atoms with Gasteiger partial charge in [0.15, 0.2) is 11.5 Å². The van der Waals surface area contributed by atoms with E-state index in [1.54, 1.807) is 17.0 Å². The fourth-order valence-electron chi connectivity index (χ4n) is 3.64. The molecule has 1 heterocycles. The summed E-state index contributed by atoms with van der Waals surface area (Å²) in [5.74, 6) is 1.35. The van der Waals surface area contributed by atoms with Crippen LogP contribution in [0.3, 0.4) is 0 Å². The minimum absolute atomic E-state index is 0.0938. The third-order valence-electron chi connectivity index (χ3n) is 5.63. The summed E-state index contributed by atoms with van der Waals surface area (Å²) >= 11 is 6.43. The van der Waals surface area contributed by atoms with Gasteiger partial charge in [0.1, 0.15) is 0 Å². The monoisotopic (exact) mass is 422 g/mol. The first kappa shape index (κ1) is 21.8. The van der Waals surface area contributed by atoms with Crippen LogP contribution in [0.1, 0.15) is 56.3 Å². The minimum atomic E-state index is -0.0938. The zero-order chi connectivity index (χ0) is 20.8. The van der Waals surface area contributed by atoms with E-state index in [2.05, 4.69) is 6.92 Å². The summed E-state index contributed by atoms with van der Waals surface area (Å²) in [6, 6.07) is 3.37. The Morgan fingerprint density at radius 3 is 2.34 bits per heavy atom. The van der Waals surface area contributed by atoms with Crippen LogP contribution in [0.5, 0.6) is 11.5 Å². The van der Waals surface area contributed by atoms with Gasteiger partial charge in [-0.15, -0.1) is 0 Å². The van der Waals surface area contributed by atoms with Crippen molar-refractivity contribution in [3.8, 4) is 11.5 Å². The van der Waals surface area contributed by atoms with Crippen LogP contribution in [0.25, 0.3) is 0 Å². The van der Waals surface area contributed by atoms with E-state index in [4.69, 9.17) is 21.1 Å². The van der Waals surface area contributed by atoms with Crippen LogP contribution in [0.2, 0.25) is 5.02 Å². The number of carbonyl (C=O) groups excluding carboxylic acids is 2. The molecule has 0 aromatic heterocycles. The van der Waals surface area contributed by atoms with Crippen LogP contribution in [-0.4, -0.2) is 61.0 Å². The third-order valence-corrected chi connectivity index (χ3v) is 5.91. The largest absolute Gasteiger partial charge is 0.490 e. The maximum Gasteiger partial charge on any atom is 0.254 e. The molecule has 1 aromatic rings. The molecule has 0 N–H and O–H groups in total. The Morgan fingerprint density at radius 2 is 1.76 bits per heavy atom. The molecule has 0 atom stereocenters. The topological polar surface area (TPSA) is 59.1 Å². The van der Waals surface area contributed by atoms with Crippen molar-refractivity contribution in [1.82, 2.24) is 9.80 Å². The van der Waals surface area contributed by atoms with E-state index in [1.165, 1.54) is 0 Å². The van der Waals surface area contributed by atoms with E-state index < -0.39 is 0 Å². The second-order valence-corrected chi connectivity index (χ2v) is 8.07. The SMILES string of the molecule is CCCCOc1c(Cl)cc(C(=O)N2CCN(C(=O)C3CCC3)CC2)cc1OCC. The molecule has 0 spiro atoms. The molecule has 1 aliphatic carbocycles. The lowest BCUT2D eigenvalue weighted by molar-refractivity contribution is -0.139. The number of amides is 2. The molecular formula is C22H31ClN2O4. The molecule has 0 bridgehead atoms. The summed E-state index contributed by atoms with van der Waals surface area (Å²) in [5.41, 5.74) is 0.486. The van der Waals surface area contributed by atoms with Crippen molar-refractivity contribution in [3.63, 3.8) is 0 Å². The fraction of sp³-hybridized carbons (Fsp3) is 0.636. The molecule has 3 rings (SSSR count). The van der Waals surface area contributed by atoms with Gasteiger partial charge in [-0.3, -0.25) is 9.59 Å². The predicted octanol–water partition coefficient (Wildman–Crippen LogP) is 4.00. The van der Waals surface area contributed by atoms with E-state index in [9.17, 15) is 9.59 Å². The lowest BCUT2D eigenvalue weighted by atomic mass is 9.84. The van der Waals surface area contributed by atoms with Gasteiger partial charge in [-0.1, -0.05) is 31.4 Å². The van der Waals surface area contributed by atoms with Gasteiger partial charge < -0.3 is 19.3 Å². The van der Waals surface area contributed by atoms with Crippen molar-refractivity contribution in [2.45, 2.75) is 46.0 Å². The highest BCUT2D eigenvalue weighted by Crippen LogP contribution is 2.37. The van der Waals surface area contributed by atoms with Gasteiger partial charge in [0.2, 0.25) is 5.91 Å². The first-order chi connectivity index (χ1) is 14.0. The Hall–Kier alpha value is -1.95. The maximum absolute atomic E-state index is 13.0. The summed E-state index contributed by atoms with van der Waals surface area (Å²) in [6.45, 7) is 7.24. The Balaban J connectivity index is 1.66. The van der Waals surface area contributed by atoms with Gasteiger partial charge in [-0.25, -0.2) is 0 Å². The van der Waals surface area contributed by atoms with E-state index in [-0.39, 0.29) is 17.7 Å². The number of hydrogen-bond acceptors (Lipinski definition) is 4. The van der Waals surface area contributed by atoms with Crippen molar-refractivity contribution in [3.05, 3.63) is 22.7 Å². The van der Waals surface area contributed by atoms with Gasteiger partial charge in [0.05, 0.1) is 18.2 Å². The summed E-state index contributed by atoms with van der Waals surface area (Å²) < 4.78 is 11.5. The first-order valence-electron chi connectivity index (χ1n) is 10.7. The number of nitrogens with zero attached hydrogens (tertiary/aromatic N) is 2. The average Bonchev–Trinajstić information content (AvgIpc) is 2.68. The van der Waals surface area contributed by atoms with Gasteiger partial charge >= 0.3 is 0 Å². The van der Waals surface area contributed by atoms with Gasteiger partial charge in [0, 0.05) is 37.7 Å². The van der Waals surface area contributed by atoms with Crippen molar-refractivity contribution in [2.75, 3.05) is 39.4 Å². The average molecular weight is 423 g/mol. The normalized spacial score (nSPS) is 17.1. The smallest absolute Gasteiger partial charge is 0.254 e. The fourth-order valence-corrected chi connectivity index (χ4v) is 3.90. The Morgan fingerprint density at radius 1 is 1.07 bits per heavy atom. The molecule has 160 valence electrons. The number of carbonyl (C=O) groups is 2. The van der Waals surface area contributed by atoms with Gasteiger partial charge in [-0.05, 0) is 38.3 Å². The van der Waals surface area contributed by atoms with Crippen LogP contribution in [0.15, 0.2) is 12.1 Å². The van der Waals surface area contributed by atoms with E-state index in [1.807, 2.05) is 11.8 Å². The molecular weight excluding hydrogens is 392 g/mol. The minimum Gasteiger partial charge on any atom is -0.490 e. The summed E-state index contributed by atoms with van der Waals surface area (Å²) in [6.07, 6.45) is 5.10. The molecule has 29 heavy (non-hydrogen) atoms. The van der Waals surface area contributed by atoms with Crippen molar-refractivity contribution in [1.29, 1.82) is 0 Å². The third kappa shape index (κ3) is 5.16. The molecule has 6 nitrogen and oxygen atoms in total. The highest BCUT2D eigenvalue weighted by molar-refractivity contribution is 6.32. The molecule has 1 aliphatic heterocycles. The van der Waals surface area contributed by atoms with E-state index >= 15 is 0 Å². The van der Waals surface area contributed by atoms with Gasteiger partial charge in [0.25, 0.3) is 5.91 Å². The standard InChI is InChI=1S/C22H31ClN2O4/c1-3-5-13-29-20-18(23)14-17(15-19(20)28-4-2)22(27)25-11-9-24(10-12-25)21(26)16-7-6-8-16/h14-16H,3-13H2,1-2H3. The van der Waals surface area contributed by atoms with Crippen LogP contribution in [-0.2, 0) is 4.79 Å². The van der Waals surface area contributed by atoms with Crippen LogP contribution >= 0.6 is 11.6 Å². The predicted molar refractivity (Wildman–Crippen MR) is 113 cm³/mol. The van der Waals surface area contributed by atoms with Crippen molar-refractivity contribution in [2.24, 2.45) is 5.92 Å². The van der Waals surface area contributed by atoms with Crippen molar-refractivity contribution < 1.29 is 19.1 Å². The summed E-state index contributed by atoms with van der Waals surface area (Å²) in [5, 5.41) is 0.384. The zero-order valence-corrected chi connectivity index (χ0v) is 18.2. The number of ether oxygens (including phenoxy) is 2. The lowest BCUT2D eigenvalue weighted by Crippen LogP contribution is -2.52. The Bertz CT molecular complexity index is 728. The molecule has 2 amide bonds. The van der Waals surface area contributed by atoms with Gasteiger partial charge in [-0.2, -0.15) is 0 Å². The lowest BCUT2D eigenvalue weighted by Gasteiger charge is -2.38. The van der Waals surface area contributed by atoms with Crippen molar-refractivity contribution >= 4 is 23.4 Å². The molecule has 0 unspecified atom stereocenters. The van der Waals surface area contributed by atoms with E-state index in [0.717, 1.165) is 32.1 Å². The molecule has 1 saturated heterocycles. The van der Waals surface area contributed by atoms with Crippen LogP contribution in [0, 0.1) is 5.92 Å². The molecule has 1 saturated carbocycles. The highest BCUT2D eigenvalue weighted by atomic mass is 35.5. The number of hydrogen-bond donors (Lipinski definition) is 0. The molecule has 2 aliphatic rings. The number of rotatable bonds is 8. The number of halogens is 1. The Kier molecular flexibility index (Phi) is 7.64.